The van der Waals surface area contributed by atoms with Gasteiger partial charge in [-0.3, -0.25) is 4.79 Å². The van der Waals surface area contributed by atoms with Gasteiger partial charge < -0.3 is 5.32 Å². The summed E-state index contributed by atoms with van der Waals surface area (Å²) in [4.78, 5) is 20.7. The van der Waals surface area contributed by atoms with E-state index in [9.17, 15) is 4.79 Å². The van der Waals surface area contributed by atoms with Crippen molar-refractivity contribution < 1.29 is 4.79 Å². The lowest BCUT2D eigenvalue weighted by Gasteiger charge is -2.07. The zero-order chi connectivity index (χ0) is 13.2. The summed E-state index contributed by atoms with van der Waals surface area (Å²) >= 11 is 0. The Labute approximate surface area is 111 Å². The van der Waals surface area contributed by atoms with Gasteiger partial charge in [-0.25, -0.2) is 9.97 Å². The lowest BCUT2D eigenvalue weighted by Crippen LogP contribution is -2.14. The molecule has 2 aromatic rings. The Balaban J connectivity index is 1.81. The number of nitrogens with one attached hydrogen (secondary N) is 1. The van der Waals surface area contributed by atoms with E-state index in [2.05, 4.69) is 15.3 Å². The molecule has 96 valence electrons. The fraction of sp³-hybridized carbons (Fsp3) is 0.267. The van der Waals surface area contributed by atoms with Crippen LogP contribution in [-0.2, 0) is 0 Å². The number of carbonyl (C=O) groups excluding carboxylic acids is 1. The predicted molar refractivity (Wildman–Crippen MR) is 73.1 cm³/mol. The summed E-state index contributed by atoms with van der Waals surface area (Å²) in [5.41, 5.74) is 1.67. The van der Waals surface area contributed by atoms with Gasteiger partial charge in [-0.1, -0.05) is 18.2 Å². The monoisotopic (exact) mass is 253 g/mol. The third-order valence-electron chi connectivity index (χ3n) is 3.13. The van der Waals surface area contributed by atoms with Crippen LogP contribution in [0.1, 0.15) is 40.6 Å². The zero-order valence-corrected chi connectivity index (χ0v) is 10.8. The fourth-order valence-corrected chi connectivity index (χ4v) is 2.02. The molecular formula is C15H15N3O. The molecule has 1 aromatic carbocycles. The minimum absolute atomic E-state index is 0.138. The van der Waals surface area contributed by atoms with Crippen LogP contribution in [0.5, 0.6) is 0 Å². The van der Waals surface area contributed by atoms with Crippen molar-refractivity contribution in [2.45, 2.75) is 25.7 Å². The molecule has 0 spiro atoms. The number of amides is 1. The largest absolute Gasteiger partial charge is 0.306 e. The van der Waals surface area contributed by atoms with Crippen LogP contribution >= 0.6 is 0 Å². The van der Waals surface area contributed by atoms with Crippen molar-refractivity contribution in [2.75, 3.05) is 5.32 Å². The van der Waals surface area contributed by atoms with E-state index >= 15 is 0 Å². The summed E-state index contributed by atoms with van der Waals surface area (Å²) in [5, 5.41) is 2.83. The topological polar surface area (TPSA) is 54.9 Å². The lowest BCUT2D eigenvalue weighted by molar-refractivity contribution is 0.102. The number of nitrogens with zero attached hydrogens (tertiary/aromatic N) is 2. The average molecular weight is 253 g/mol. The molecule has 1 saturated carbocycles. The Morgan fingerprint density at radius 2 is 1.95 bits per heavy atom. The molecule has 0 atom stereocenters. The van der Waals surface area contributed by atoms with E-state index in [0.29, 0.717) is 23.1 Å². The first-order chi connectivity index (χ1) is 9.22. The van der Waals surface area contributed by atoms with E-state index in [1.807, 2.05) is 31.2 Å². The van der Waals surface area contributed by atoms with E-state index in [1.54, 1.807) is 12.1 Å². The van der Waals surface area contributed by atoms with Crippen LogP contribution in [0.15, 0.2) is 36.4 Å². The summed E-state index contributed by atoms with van der Waals surface area (Å²) in [7, 11) is 0. The van der Waals surface area contributed by atoms with Crippen molar-refractivity contribution in [3.8, 4) is 0 Å². The molecule has 1 aliphatic carbocycles. The van der Waals surface area contributed by atoms with Crippen molar-refractivity contribution >= 4 is 11.7 Å². The summed E-state index contributed by atoms with van der Waals surface area (Å²) in [6.45, 7) is 1.85. The van der Waals surface area contributed by atoms with E-state index in [0.717, 1.165) is 5.69 Å². The van der Waals surface area contributed by atoms with Gasteiger partial charge in [-0.15, -0.1) is 0 Å². The maximum absolute atomic E-state index is 12.1. The molecule has 4 nitrogen and oxygen atoms in total. The molecule has 0 unspecified atom stereocenters. The number of hydrogen-bond acceptors (Lipinski definition) is 3. The number of hydrogen-bond donors (Lipinski definition) is 1. The minimum Gasteiger partial charge on any atom is -0.306 e. The minimum atomic E-state index is -0.138. The van der Waals surface area contributed by atoms with Gasteiger partial charge in [0.05, 0.1) is 0 Å². The number of benzene rings is 1. The van der Waals surface area contributed by atoms with E-state index in [4.69, 9.17) is 0 Å². The molecule has 4 heteroatoms. The van der Waals surface area contributed by atoms with Gasteiger partial charge in [-0.05, 0) is 31.9 Å². The van der Waals surface area contributed by atoms with Crippen LogP contribution in [0.2, 0.25) is 0 Å². The van der Waals surface area contributed by atoms with Gasteiger partial charge in [0.2, 0.25) is 0 Å². The van der Waals surface area contributed by atoms with E-state index in [-0.39, 0.29) is 5.91 Å². The third kappa shape index (κ3) is 2.78. The van der Waals surface area contributed by atoms with Crippen molar-refractivity contribution in [3.63, 3.8) is 0 Å². The molecule has 1 N–H and O–H groups in total. The Morgan fingerprint density at radius 1 is 1.21 bits per heavy atom. The second kappa shape index (κ2) is 4.80. The standard InChI is InChI=1S/C15H15N3O/c1-10-16-13(11-7-8-11)9-14(17-10)18-15(19)12-5-3-2-4-6-12/h2-6,9,11H,7-8H2,1H3,(H,16,17,18,19). The highest BCUT2D eigenvalue weighted by Crippen LogP contribution is 2.39. The Bertz CT molecular complexity index is 606. The molecule has 1 fully saturated rings. The summed E-state index contributed by atoms with van der Waals surface area (Å²) < 4.78 is 0. The van der Waals surface area contributed by atoms with Crippen LogP contribution in [0.25, 0.3) is 0 Å². The highest BCUT2D eigenvalue weighted by atomic mass is 16.1. The van der Waals surface area contributed by atoms with Crippen LogP contribution in [-0.4, -0.2) is 15.9 Å². The quantitative estimate of drug-likeness (QED) is 0.915. The summed E-state index contributed by atoms with van der Waals surface area (Å²) in [5.74, 6) is 1.70. The first-order valence-electron chi connectivity index (χ1n) is 6.44. The molecule has 19 heavy (non-hydrogen) atoms. The Morgan fingerprint density at radius 3 is 2.63 bits per heavy atom. The molecule has 3 rings (SSSR count). The molecule has 1 aliphatic rings. The second-order valence-corrected chi connectivity index (χ2v) is 4.82. The van der Waals surface area contributed by atoms with Gasteiger partial charge in [-0.2, -0.15) is 0 Å². The third-order valence-corrected chi connectivity index (χ3v) is 3.13. The maximum atomic E-state index is 12.1. The molecule has 1 aromatic heterocycles. The molecule has 0 radical (unpaired) electrons. The number of anilines is 1. The average Bonchev–Trinajstić information content (AvgIpc) is 3.23. The molecule has 1 amide bonds. The molecule has 1 heterocycles. The predicted octanol–water partition coefficient (Wildman–Crippen LogP) is 2.91. The highest BCUT2D eigenvalue weighted by Gasteiger charge is 2.26. The summed E-state index contributed by atoms with van der Waals surface area (Å²) in [6, 6.07) is 11.0. The molecule has 0 bridgehead atoms. The molecular weight excluding hydrogens is 238 g/mol. The highest BCUT2D eigenvalue weighted by molar-refractivity contribution is 6.03. The van der Waals surface area contributed by atoms with Gasteiger partial charge in [0.25, 0.3) is 5.91 Å². The number of rotatable bonds is 3. The van der Waals surface area contributed by atoms with Crippen LogP contribution < -0.4 is 5.32 Å². The Kier molecular flexibility index (Phi) is 2.99. The number of carbonyl (C=O) groups is 1. The Hall–Kier alpha value is -2.23. The fourth-order valence-electron chi connectivity index (χ4n) is 2.02. The zero-order valence-electron chi connectivity index (χ0n) is 10.8. The van der Waals surface area contributed by atoms with Crippen molar-refractivity contribution in [3.05, 3.63) is 53.5 Å². The van der Waals surface area contributed by atoms with Crippen LogP contribution in [0.4, 0.5) is 5.82 Å². The van der Waals surface area contributed by atoms with Gasteiger partial charge >= 0.3 is 0 Å². The maximum Gasteiger partial charge on any atom is 0.256 e. The number of aromatic nitrogens is 2. The smallest absolute Gasteiger partial charge is 0.256 e. The lowest BCUT2D eigenvalue weighted by atomic mass is 10.2. The van der Waals surface area contributed by atoms with Gasteiger partial charge in [0.1, 0.15) is 11.6 Å². The molecule has 0 aliphatic heterocycles. The van der Waals surface area contributed by atoms with Crippen molar-refractivity contribution in [1.29, 1.82) is 0 Å². The van der Waals surface area contributed by atoms with Crippen molar-refractivity contribution in [2.24, 2.45) is 0 Å². The number of aryl methyl sites for hydroxylation is 1. The normalized spacial score (nSPS) is 14.2. The van der Waals surface area contributed by atoms with E-state index in [1.165, 1.54) is 12.8 Å². The first kappa shape index (κ1) is 11.8. The molecule has 0 saturated heterocycles. The SMILES string of the molecule is Cc1nc(NC(=O)c2ccccc2)cc(C2CC2)n1. The van der Waals surface area contributed by atoms with Crippen LogP contribution in [0, 0.1) is 6.92 Å². The second-order valence-electron chi connectivity index (χ2n) is 4.82. The van der Waals surface area contributed by atoms with Gasteiger partial charge in [0.15, 0.2) is 0 Å². The van der Waals surface area contributed by atoms with Gasteiger partial charge in [0, 0.05) is 23.2 Å². The van der Waals surface area contributed by atoms with E-state index < -0.39 is 0 Å². The van der Waals surface area contributed by atoms with Crippen molar-refractivity contribution in [1.82, 2.24) is 9.97 Å². The summed E-state index contributed by atoms with van der Waals surface area (Å²) in [6.07, 6.45) is 2.37. The van der Waals surface area contributed by atoms with Crippen LogP contribution in [0.3, 0.4) is 0 Å². The first-order valence-corrected chi connectivity index (χ1v) is 6.44.